The molecule has 21 heavy (non-hydrogen) atoms. The molecular formula is C15H21N3O3. The number of benzene rings is 1. The predicted molar refractivity (Wildman–Crippen MR) is 81.4 cm³/mol. The van der Waals surface area contributed by atoms with Gasteiger partial charge in [-0.05, 0) is 43.5 Å². The largest absolute Gasteiger partial charge is 0.481 e. The molecule has 6 nitrogen and oxygen atoms in total. The molecular weight excluding hydrogens is 270 g/mol. The molecule has 114 valence electrons. The van der Waals surface area contributed by atoms with E-state index in [1.807, 2.05) is 24.3 Å². The molecule has 2 rings (SSSR count). The molecule has 1 aliphatic rings. The number of nitrogens with zero attached hydrogens (tertiary/aromatic N) is 1. The highest BCUT2D eigenvalue weighted by atomic mass is 16.4. The Morgan fingerprint density at radius 3 is 2.43 bits per heavy atom. The summed E-state index contributed by atoms with van der Waals surface area (Å²) in [6, 6.07) is 6.83. The maximum atomic E-state index is 11.8. The van der Waals surface area contributed by atoms with E-state index < -0.39 is 12.0 Å². The first-order valence-corrected chi connectivity index (χ1v) is 7.19. The quantitative estimate of drug-likeness (QED) is 0.736. The number of rotatable bonds is 6. The van der Waals surface area contributed by atoms with Gasteiger partial charge in [0.1, 0.15) is 0 Å². The second kappa shape index (κ2) is 7.08. The second-order valence-electron chi connectivity index (χ2n) is 5.27. The Morgan fingerprint density at radius 2 is 1.86 bits per heavy atom. The molecule has 1 atom stereocenters. The van der Waals surface area contributed by atoms with Crippen LogP contribution < -0.4 is 16.0 Å². The first-order valence-electron chi connectivity index (χ1n) is 7.19. The third-order valence-corrected chi connectivity index (χ3v) is 3.61. The highest BCUT2D eigenvalue weighted by molar-refractivity contribution is 5.95. The predicted octanol–water partition coefficient (Wildman–Crippen LogP) is 1.42. The number of hydrogen-bond donors (Lipinski definition) is 3. The van der Waals surface area contributed by atoms with Crippen LogP contribution in [0.4, 0.5) is 11.4 Å². The van der Waals surface area contributed by atoms with Crippen LogP contribution in [-0.4, -0.2) is 36.1 Å². The van der Waals surface area contributed by atoms with E-state index in [9.17, 15) is 9.59 Å². The molecule has 1 aromatic carbocycles. The molecule has 0 bridgehead atoms. The zero-order chi connectivity index (χ0) is 15.2. The summed E-state index contributed by atoms with van der Waals surface area (Å²) >= 11 is 0. The molecule has 0 spiro atoms. The molecule has 4 N–H and O–H groups in total. The van der Waals surface area contributed by atoms with Gasteiger partial charge < -0.3 is 21.1 Å². The van der Waals surface area contributed by atoms with E-state index in [1.165, 1.54) is 12.8 Å². The summed E-state index contributed by atoms with van der Waals surface area (Å²) in [5, 5.41) is 11.3. The SMILES string of the molecule is NC(CCC(=O)O)C(=O)Nc1ccc(N2CCCC2)cc1. The van der Waals surface area contributed by atoms with Gasteiger partial charge in [0.25, 0.3) is 0 Å². The topological polar surface area (TPSA) is 95.7 Å². The van der Waals surface area contributed by atoms with E-state index >= 15 is 0 Å². The summed E-state index contributed by atoms with van der Waals surface area (Å²) in [5.74, 6) is -1.31. The van der Waals surface area contributed by atoms with Crippen LogP contribution in [0.1, 0.15) is 25.7 Å². The highest BCUT2D eigenvalue weighted by Crippen LogP contribution is 2.22. The van der Waals surface area contributed by atoms with Crippen molar-refractivity contribution in [3.63, 3.8) is 0 Å². The van der Waals surface area contributed by atoms with E-state index in [4.69, 9.17) is 10.8 Å². The number of carboxylic acid groups (broad SMARTS) is 1. The lowest BCUT2D eigenvalue weighted by Crippen LogP contribution is -2.36. The van der Waals surface area contributed by atoms with Gasteiger partial charge in [-0.25, -0.2) is 0 Å². The molecule has 1 saturated heterocycles. The Morgan fingerprint density at radius 1 is 1.24 bits per heavy atom. The zero-order valence-corrected chi connectivity index (χ0v) is 11.9. The van der Waals surface area contributed by atoms with Crippen molar-refractivity contribution in [1.29, 1.82) is 0 Å². The van der Waals surface area contributed by atoms with Gasteiger partial charge in [0, 0.05) is 30.9 Å². The molecule has 1 aromatic rings. The standard InChI is InChI=1S/C15H21N3O3/c16-13(7-8-14(19)20)15(21)17-11-3-5-12(6-4-11)18-9-1-2-10-18/h3-6,13H,1-2,7-10,16H2,(H,17,21)(H,19,20). The number of nitrogens with one attached hydrogen (secondary N) is 1. The van der Waals surface area contributed by atoms with Crippen LogP contribution in [0, 0.1) is 0 Å². The molecule has 1 unspecified atom stereocenters. The van der Waals surface area contributed by atoms with Gasteiger partial charge in [-0.2, -0.15) is 0 Å². The third kappa shape index (κ3) is 4.46. The third-order valence-electron chi connectivity index (χ3n) is 3.61. The van der Waals surface area contributed by atoms with Crippen LogP contribution >= 0.6 is 0 Å². The Kier molecular flexibility index (Phi) is 5.16. The first-order chi connectivity index (χ1) is 10.1. The fourth-order valence-corrected chi connectivity index (χ4v) is 2.38. The molecule has 0 radical (unpaired) electrons. The minimum absolute atomic E-state index is 0.109. The number of hydrogen-bond acceptors (Lipinski definition) is 4. The fraction of sp³-hybridized carbons (Fsp3) is 0.467. The van der Waals surface area contributed by atoms with Crippen molar-refractivity contribution in [1.82, 2.24) is 0 Å². The molecule has 1 amide bonds. The van der Waals surface area contributed by atoms with Crippen molar-refractivity contribution in [3.05, 3.63) is 24.3 Å². The lowest BCUT2D eigenvalue weighted by Gasteiger charge is -2.18. The van der Waals surface area contributed by atoms with Gasteiger partial charge in [0.15, 0.2) is 0 Å². The van der Waals surface area contributed by atoms with Crippen LogP contribution in [-0.2, 0) is 9.59 Å². The number of carboxylic acids is 1. The molecule has 1 heterocycles. The Balaban J connectivity index is 1.87. The van der Waals surface area contributed by atoms with E-state index in [-0.39, 0.29) is 18.7 Å². The van der Waals surface area contributed by atoms with Crippen LogP contribution in [0.5, 0.6) is 0 Å². The van der Waals surface area contributed by atoms with Crippen LogP contribution in [0.3, 0.4) is 0 Å². The summed E-state index contributed by atoms with van der Waals surface area (Å²) < 4.78 is 0. The van der Waals surface area contributed by atoms with Gasteiger partial charge in [-0.3, -0.25) is 9.59 Å². The lowest BCUT2D eigenvalue weighted by atomic mass is 10.1. The van der Waals surface area contributed by atoms with Gasteiger partial charge in [0.2, 0.25) is 5.91 Å². The average molecular weight is 291 g/mol. The highest BCUT2D eigenvalue weighted by Gasteiger charge is 2.16. The number of aliphatic carboxylic acids is 1. The number of amides is 1. The van der Waals surface area contributed by atoms with Crippen molar-refractivity contribution < 1.29 is 14.7 Å². The fourth-order valence-electron chi connectivity index (χ4n) is 2.38. The first kappa shape index (κ1) is 15.3. The molecule has 0 saturated carbocycles. The van der Waals surface area contributed by atoms with E-state index in [0.717, 1.165) is 18.8 Å². The normalized spacial score (nSPS) is 15.8. The number of carbonyl (C=O) groups excluding carboxylic acids is 1. The second-order valence-corrected chi connectivity index (χ2v) is 5.27. The molecule has 1 fully saturated rings. The molecule has 0 aliphatic carbocycles. The summed E-state index contributed by atoms with van der Waals surface area (Å²) in [6.45, 7) is 2.15. The maximum absolute atomic E-state index is 11.8. The molecule has 1 aliphatic heterocycles. The van der Waals surface area contributed by atoms with Crippen molar-refractivity contribution >= 4 is 23.3 Å². The maximum Gasteiger partial charge on any atom is 0.303 e. The van der Waals surface area contributed by atoms with Gasteiger partial charge in [-0.1, -0.05) is 0 Å². The number of anilines is 2. The van der Waals surface area contributed by atoms with E-state index in [2.05, 4.69) is 10.2 Å². The molecule has 0 aromatic heterocycles. The van der Waals surface area contributed by atoms with Crippen LogP contribution in [0.2, 0.25) is 0 Å². The zero-order valence-electron chi connectivity index (χ0n) is 11.9. The molecule has 6 heteroatoms. The van der Waals surface area contributed by atoms with Gasteiger partial charge in [-0.15, -0.1) is 0 Å². The minimum atomic E-state index is -0.951. The Hall–Kier alpha value is -2.08. The average Bonchev–Trinajstić information content (AvgIpc) is 2.99. The van der Waals surface area contributed by atoms with Crippen molar-refractivity contribution in [2.75, 3.05) is 23.3 Å². The summed E-state index contributed by atoms with van der Waals surface area (Å²) in [5.41, 5.74) is 7.49. The lowest BCUT2D eigenvalue weighted by molar-refractivity contribution is -0.137. The smallest absolute Gasteiger partial charge is 0.303 e. The Bertz CT molecular complexity index is 495. The van der Waals surface area contributed by atoms with Crippen molar-refractivity contribution in [2.24, 2.45) is 5.73 Å². The minimum Gasteiger partial charge on any atom is -0.481 e. The van der Waals surface area contributed by atoms with Gasteiger partial charge >= 0.3 is 5.97 Å². The number of carbonyl (C=O) groups is 2. The van der Waals surface area contributed by atoms with Crippen LogP contribution in [0.15, 0.2) is 24.3 Å². The summed E-state index contributed by atoms with van der Waals surface area (Å²) in [6.07, 6.45) is 2.46. The summed E-state index contributed by atoms with van der Waals surface area (Å²) in [7, 11) is 0. The van der Waals surface area contributed by atoms with Crippen molar-refractivity contribution in [3.8, 4) is 0 Å². The van der Waals surface area contributed by atoms with E-state index in [0.29, 0.717) is 5.69 Å². The van der Waals surface area contributed by atoms with Crippen molar-refractivity contribution in [2.45, 2.75) is 31.7 Å². The number of nitrogens with two attached hydrogens (primary N) is 1. The van der Waals surface area contributed by atoms with Crippen LogP contribution in [0.25, 0.3) is 0 Å². The Labute approximate surface area is 123 Å². The van der Waals surface area contributed by atoms with E-state index in [1.54, 1.807) is 0 Å². The van der Waals surface area contributed by atoms with Gasteiger partial charge in [0.05, 0.1) is 6.04 Å². The monoisotopic (exact) mass is 291 g/mol. The summed E-state index contributed by atoms with van der Waals surface area (Å²) in [4.78, 5) is 24.6.